The van der Waals surface area contributed by atoms with E-state index in [1.165, 1.54) is 49.9 Å². The number of carbonyl (C=O) groups is 1. The average Bonchev–Trinajstić information content (AvgIpc) is 3.37. The van der Waals surface area contributed by atoms with Gasteiger partial charge in [-0.25, -0.2) is 4.98 Å². The summed E-state index contributed by atoms with van der Waals surface area (Å²) < 4.78 is 0. The molecule has 2 saturated carbocycles. The van der Waals surface area contributed by atoms with Crippen molar-refractivity contribution in [1.82, 2.24) is 10.3 Å². The maximum absolute atomic E-state index is 12.4. The largest absolute Gasteiger partial charge is 0.382 e. The van der Waals surface area contributed by atoms with Gasteiger partial charge in [-0.2, -0.15) is 0 Å². The number of rotatable bonds is 5. The van der Waals surface area contributed by atoms with E-state index < -0.39 is 0 Å². The molecule has 0 radical (unpaired) electrons. The second kappa shape index (κ2) is 4.87. The molecule has 1 amide bonds. The summed E-state index contributed by atoms with van der Waals surface area (Å²) in [6.07, 6.45) is 7.63. The zero-order valence-corrected chi connectivity index (χ0v) is 13.0. The monoisotopic (exact) mass is 306 g/mol. The molecule has 1 aliphatic heterocycles. The Morgan fingerprint density at radius 2 is 2.10 bits per heavy atom. The Balaban J connectivity index is 1.41. The van der Waals surface area contributed by atoms with Crippen LogP contribution in [0.1, 0.15) is 48.2 Å². The van der Waals surface area contributed by atoms with Crippen LogP contribution in [0, 0.1) is 11.3 Å². The van der Waals surface area contributed by atoms with Crippen molar-refractivity contribution in [2.75, 3.05) is 30.3 Å². The van der Waals surface area contributed by atoms with E-state index in [1.54, 1.807) is 0 Å². The minimum atomic E-state index is -0.0395. The molecule has 2 heterocycles. The first-order valence-corrected chi connectivity index (χ1v) is 8.79. The first-order chi connectivity index (χ1) is 10.2. The predicted molar refractivity (Wildman–Crippen MR) is 84.7 cm³/mol. The van der Waals surface area contributed by atoms with Gasteiger partial charge in [0.05, 0.1) is 0 Å². The van der Waals surface area contributed by atoms with Gasteiger partial charge in [0.2, 0.25) is 0 Å². The van der Waals surface area contributed by atoms with Crippen molar-refractivity contribution < 1.29 is 4.79 Å². The van der Waals surface area contributed by atoms with Gasteiger partial charge >= 0.3 is 0 Å². The second-order valence-corrected chi connectivity index (χ2v) is 7.70. The van der Waals surface area contributed by atoms with Gasteiger partial charge in [-0.15, -0.1) is 0 Å². The Kier molecular flexibility index (Phi) is 3.10. The third-order valence-corrected chi connectivity index (χ3v) is 6.29. The van der Waals surface area contributed by atoms with E-state index in [1.807, 2.05) is 0 Å². The normalized spacial score (nSPS) is 23.3. The molecule has 0 unspecified atom stereocenters. The van der Waals surface area contributed by atoms with Crippen molar-refractivity contribution in [3.05, 3.63) is 4.88 Å². The van der Waals surface area contributed by atoms with Gasteiger partial charge in [0, 0.05) is 19.6 Å². The lowest BCUT2D eigenvalue weighted by atomic mass is 10.0. The fourth-order valence-electron chi connectivity index (χ4n) is 3.45. The average molecular weight is 306 g/mol. The number of anilines is 2. The molecule has 4 rings (SSSR count). The summed E-state index contributed by atoms with van der Waals surface area (Å²) in [5, 5.41) is 4.00. The van der Waals surface area contributed by atoms with E-state index in [4.69, 9.17) is 5.73 Å². The highest BCUT2D eigenvalue weighted by Crippen LogP contribution is 2.60. The van der Waals surface area contributed by atoms with Gasteiger partial charge < -0.3 is 16.0 Å². The Morgan fingerprint density at radius 3 is 2.71 bits per heavy atom. The quantitative estimate of drug-likeness (QED) is 0.875. The van der Waals surface area contributed by atoms with Gasteiger partial charge in [-0.3, -0.25) is 4.79 Å². The van der Waals surface area contributed by atoms with Crippen molar-refractivity contribution in [3.8, 4) is 0 Å². The zero-order valence-electron chi connectivity index (χ0n) is 12.2. The summed E-state index contributed by atoms with van der Waals surface area (Å²) in [5.74, 6) is 1.20. The molecular formula is C15H22N4OS. The van der Waals surface area contributed by atoms with Crippen LogP contribution in [0.15, 0.2) is 0 Å². The molecule has 0 aromatic carbocycles. The number of nitrogens with two attached hydrogens (primary N) is 1. The minimum Gasteiger partial charge on any atom is -0.382 e. The summed E-state index contributed by atoms with van der Waals surface area (Å²) in [7, 11) is 0. The number of thiazole rings is 1. The van der Waals surface area contributed by atoms with Gasteiger partial charge in [0.1, 0.15) is 10.7 Å². The molecular weight excluding hydrogens is 284 g/mol. The molecule has 0 bridgehead atoms. The number of carbonyl (C=O) groups excluding carboxylic acids is 1. The molecule has 6 heteroatoms. The number of hydrogen-bond donors (Lipinski definition) is 2. The van der Waals surface area contributed by atoms with Gasteiger partial charge in [-0.1, -0.05) is 11.3 Å². The summed E-state index contributed by atoms with van der Waals surface area (Å²) in [4.78, 5) is 19.6. The lowest BCUT2D eigenvalue weighted by molar-refractivity contribution is 0.0947. The Hall–Kier alpha value is -1.30. The Bertz CT molecular complexity index is 556. The summed E-state index contributed by atoms with van der Waals surface area (Å²) in [6, 6.07) is 0. The van der Waals surface area contributed by atoms with Crippen LogP contribution in [0.5, 0.6) is 0 Å². The minimum absolute atomic E-state index is 0.0395. The van der Waals surface area contributed by atoms with Gasteiger partial charge in [0.15, 0.2) is 5.13 Å². The van der Waals surface area contributed by atoms with Crippen LogP contribution in [-0.2, 0) is 0 Å². The van der Waals surface area contributed by atoms with Crippen LogP contribution < -0.4 is 16.0 Å². The predicted octanol–water partition coefficient (Wildman–Crippen LogP) is 2.25. The maximum atomic E-state index is 12.4. The summed E-state index contributed by atoms with van der Waals surface area (Å²) in [5.41, 5.74) is 6.37. The highest BCUT2D eigenvalue weighted by atomic mass is 32.1. The standard InChI is InChI=1S/C15H22N4OS/c16-12-11(21-14(18-12)19-7-1-2-8-19)13(20)17-9-15(5-6-15)10-3-4-10/h10H,1-9,16H2,(H,17,20). The van der Waals surface area contributed by atoms with Gasteiger partial charge in [0.25, 0.3) is 5.91 Å². The van der Waals surface area contributed by atoms with Crippen molar-refractivity contribution in [1.29, 1.82) is 0 Å². The van der Waals surface area contributed by atoms with E-state index in [0.29, 0.717) is 16.1 Å². The Morgan fingerprint density at radius 1 is 1.38 bits per heavy atom. The van der Waals surface area contributed by atoms with Crippen LogP contribution >= 0.6 is 11.3 Å². The SMILES string of the molecule is Nc1nc(N2CCCC2)sc1C(=O)NCC1(C2CC2)CC1. The Labute approximate surface area is 128 Å². The highest BCUT2D eigenvalue weighted by Gasteiger charge is 2.53. The summed E-state index contributed by atoms with van der Waals surface area (Å²) in [6.45, 7) is 2.87. The first kappa shape index (κ1) is 13.4. The topological polar surface area (TPSA) is 71.2 Å². The fraction of sp³-hybridized carbons (Fsp3) is 0.733. The van der Waals surface area contributed by atoms with Crippen molar-refractivity contribution in [2.45, 2.75) is 38.5 Å². The first-order valence-electron chi connectivity index (χ1n) is 7.97. The number of nitrogens with one attached hydrogen (secondary N) is 1. The van der Waals surface area contributed by atoms with Crippen LogP contribution in [0.2, 0.25) is 0 Å². The van der Waals surface area contributed by atoms with E-state index >= 15 is 0 Å². The molecule has 3 fully saturated rings. The van der Waals surface area contributed by atoms with Gasteiger partial charge in [-0.05, 0) is 49.9 Å². The van der Waals surface area contributed by atoms with E-state index in [0.717, 1.165) is 30.7 Å². The number of nitrogen functional groups attached to an aromatic ring is 1. The van der Waals surface area contributed by atoms with Crippen molar-refractivity contribution in [3.63, 3.8) is 0 Å². The smallest absolute Gasteiger partial charge is 0.265 e. The molecule has 3 N–H and O–H groups in total. The molecule has 1 aromatic heterocycles. The molecule has 0 spiro atoms. The van der Waals surface area contributed by atoms with E-state index in [2.05, 4.69) is 15.2 Å². The van der Waals surface area contributed by atoms with E-state index in [9.17, 15) is 4.79 Å². The third-order valence-electron chi connectivity index (χ3n) is 5.16. The molecule has 5 nitrogen and oxygen atoms in total. The molecule has 3 aliphatic rings. The lowest BCUT2D eigenvalue weighted by Gasteiger charge is -2.14. The summed E-state index contributed by atoms with van der Waals surface area (Å²) >= 11 is 1.44. The van der Waals surface area contributed by atoms with Crippen molar-refractivity contribution in [2.24, 2.45) is 11.3 Å². The number of aromatic nitrogens is 1. The molecule has 1 aromatic rings. The molecule has 114 valence electrons. The highest BCUT2D eigenvalue weighted by molar-refractivity contribution is 7.18. The third kappa shape index (κ3) is 2.50. The van der Waals surface area contributed by atoms with Crippen LogP contribution in [0.4, 0.5) is 10.9 Å². The maximum Gasteiger partial charge on any atom is 0.265 e. The number of amides is 1. The van der Waals surface area contributed by atoms with Crippen molar-refractivity contribution >= 4 is 28.2 Å². The fourth-order valence-corrected chi connectivity index (χ4v) is 4.40. The van der Waals surface area contributed by atoms with Crippen LogP contribution in [0.3, 0.4) is 0 Å². The van der Waals surface area contributed by atoms with Crippen LogP contribution in [0.25, 0.3) is 0 Å². The zero-order chi connectivity index (χ0) is 14.4. The second-order valence-electron chi connectivity index (χ2n) is 6.72. The number of hydrogen-bond acceptors (Lipinski definition) is 5. The molecule has 2 aliphatic carbocycles. The molecule has 0 atom stereocenters. The number of nitrogens with zero attached hydrogens (tertiary/aromatic N) is 2. The van der Waals surface area contributed by atoms with E-state index in [-0.39, 0.29) is 5.91 Å². The molecule has 1 saturated heterocycles. The molecule has 21 heavy (non-hydrogen) atoms. The lowest BCUT2D eigenvalue weighted by Crippen LogP contribution is -2.31. The van der Waals surface area contributed by atoms with Crippen LogP contribution in [-0.4, -0.2) is 30.5 Å².